The summed E-state index contributed by atoms with van der Waals surface area (Å²) < 4.78 is 24.8. The molecule has 6 heteroatoms. The minimum atomic E-state index is -0.792. The van der Waals surface area contributed by atoms with Crippen LogP contribution < -0.4 is 9.47 Å². The molecule has 1 aliphatic rings. The van der Waals surface area contributed by atoms with E-state index in [0.29, 0.717) is 24.3 Å². The quantitative estimate of drug-likeness (QED) is 0.836. The van der Waals surface area contributed by atoms with Crippen LogP contribution in [0.3, 0.4) is 0 Å². The summed E-state index contributed by atoms with van der Waals surface area (Å²) in [5.41, 5.74) is 1.62. The maximum absolute atomic E-state index is 14.1. The molecule has 27 heavy (non-hydrogen) atoms. The maximum atomic E-state index is 14.1. The third-order valence-electron chi connectivity index (χ3n) is 5.09. The third kappa shape index (κ3) is 4.22. The Labute approximate surface area is 158 Å². The van der Waals surface area contributed by atoms with Gasteiger partial charge in [0.1, 0.15) is 17.3 Å². The normalized spacial score (nSPS) is 18.7. The summed E-state index contributed by atoms with van der Waals surface area (Å²) in [5.74, 6) is -0.269. The van der Waals surface area contributed by atoms with E-state index < -0.39 is 11.9 Å². The summed E-state index contributed by atoms with van der Waals surface area (Å²) in [6.45, 7) is 1.14. The van der Waals surface area contributed by atoms with Crippen LogP contribution in [0, 0.1) is 11.7 Å². The Morgan fingerprint density at radius 2 is 1.93 bits per heavy atom. The van der Waals surface area contributed by atoms with Crippen molar-refractivity contribution in [3.63, 3.8) is 0 Å². The predicted octanol–water partition coefficient (Wildman–Crippen LogP) is 3.73. The molecule has 0 amide bonds. The van der Waals surface area contributed by atoms with Crippen molar-refractivity contribution in [2.75, 3.05) is 27.3 Å². The number of methoxy groups -OCH3 is 2. The van der Waals surface area contributed by atoms with Crippen LogP contribution in [0.25, 0.3) is 0 Å². The molecule has 144 valence electrons. The van der Waals surface area contributed by atoms with E-state index in [9.17, 15) is 14.3 Å². The topological polar surface area (TPSA) is 59.0 Å². The van der Waals surface area contributed by atoms with Gasteiger partial charge in [-0.25, -0.2) is 4.39 Å². The van der Waals surface area contributed by atoms with Gasteiger partial charge in [0.25, 0.3) is 0 Å². The zero-order valence-electron chi connectivity index (χ0n) is 15.5. The van der Waals surface area contributed by atoms with Gasteiger partial charge >= 0.3 is 5.97 Å². The fourth-order valence-electron chi connectivity index (χ4n) is 3.73. The van der Waals surface area contributed by atoms with Gasteiger partial charge in [-0.3, -0.25) is 9.69 Å². The lowest BCUT2D eigenvalue weighted by molar-refractivity contribution is -0.143. The number of benzene rings is 2. The number of nitrogens with zero attached hydrogens (tertiary/aromatic N) is 1. The average Bonchev–Trinajstić information content (AvgIpc) is 2.69. The molecule has 0 bridgehead atoms. The highest BCUT2D eigenvalue weighted by Gasteiger charge is 2.32. The number of rotatable bonds is 6. The second kappa shape index (κ2) is 8.39. The Balaban J connectivity index is 2.06. The Morgan fingerprint density at radius 1 is 1.19 bits per heavy atom. The van der Waals surface area contributed by atoms with E-state index in [-0.39, 0.29) is 11.9 Å². The van der Waals surface area contributed by atoms with Crippen LogP contribution in [0.15, 0.2) is 42.5 Å². The highest BCUT2D eigenvalue weighted by Crippen LogP contribution is 2.38. The molecule has 1 heterocycles. The van der Waals surface area contributed by atoms with Crippen LogP contribution in [0.5, 0.6) is 11.5 Å². The van der Waals surface area contributed by atoms with Gasteiger partial charge in [-0.1, -0.05) is 12.1 Å². The third-order valence-corrected chi connectivity index (χ3v) is 5.09. The molecule has 2 aromatic carbocycles. The van der Waals surface area contributed by atoms with Crippen molar-refractivity contribution in [3.05, 3.63) is 59.4 Å². The highest BCUT2D eigenvalue weighted by molar-refractivity contribution is 5.70. The Hall–Kier alpha value is -2.60. The van der Waals surface area contributed by atoms with Gasteiger partial charge in [0.15, 0.2) is 0 Å². The maximum Gasteiger partial charge on any atom is 0.307 e. The second-order valence-corrected chi connectivity index (χ2v) is 6.73. The number of hydrogen-bond donors (Lipinski definition) is 1. The van der Waals surface area contributed by atoms with Gasteiger partial charge in [0.05, 0.1) is 26.2 Å². The van der Waals surface area contributed by atoms with Crippen LogP contribution in [-0.4, -0.2) is 43.3 Å². The first kappa shape index (κ1) is 19.2. The van der Waals surface area contributed by atoms with Crippen molar-refractivity contribution in [2.24, 2.45) is 5.92 Å². The molecule has 0 radical (unpaired) electrons. The van der Waals surface area contributed by atoms with E-state index in [1.807, 2.05) is 24.3 Å². The summed E-state index contributed by atoms with van der Waals surface area (Å²) in [6.07, 6.45) is 1.43. The zero-order chi connectivity index (χ0) is 19.4. The number of carboxylic acids is 1. The van der Waals surface area contributed by atoms with Crippen molar-refractivity contribution in [3.8, 4) is 11.5 Å². The molecule has 1 saturated heterocycles. The molecule has 1 aliphatic heterocycles. The number of hydrogen-bond acceptors (Lipinski definition) is 4. The molecule has 2 unspecified atom stereocenters. The highest BCUT2D eigenvalue weighted by atomic mass is 19.1. The van der Waals surface area contributed by atoms with Gasteiger partial charge in [-0.2, -0.15) is 0 Å². The Morgan fingerprint density at radius 3 is 2.56 bits per heavy atom. The van der Waals surface area contributed by atoms with Crippen LogP contribution in [0.1, 0.15) is 30.0 Å². The Bertz CT molecular complexity index is 793. The van der Waals surface area contributed by atoms with Crippen molar-refractivity contribution in [1.29, 1.82) is 0 Å². The van der Waals surface area contributed by atoms with Crippen molar-refractivity contribution in [1.82, 2.24) is 4.90 Å². The molecule has 0 aliphatic carbocycles. The lowest BCUT2D eigenvalue weighted by Crippen LogP contribution is -2.41. The number of likely N-dealkylation sites (tertiary alicyclic amines) is 1. The molecule has 3 rings (SSSR count). The fourth-order valence-corrected chi connectivity index (χ4v) is 3.73. The molecule has 2 atom stereocenters. The number of carboxylic acid groups (broad SMARTS) is 1. The van der Waals surface area contributed by atoms with Crippen molar-refractivity contribution < 1.29 is 23.8 Å². The summed E-state index contributed by atoms with van der Waals surface area (Å²) >= 11 is 0. The van der Waals surface area contributed by atoms with Gasteiger partial charge in [0, 0.05) is 12.1 Å². The largest absolute Gasteiger partial charge is 0.497 e. The average molecular weight is 373 g/mol. The molecule has 1 N–H and O–H groups in total. The molecule has 2 aromatic rings. The monoisotopic (exact) mass is 373 g/mol. The lowest BCUT2D eigenvalue weighted by Gasteiger charge is -2.38. The molecule has 0 saturated carbocycles. The van der Waals surface area contributed by atoms with E-state index in [2.05, 4.69) is 4.90 Å². The predicted molar refractivity (Wildman–Crippen MR) is 99.7 cm³/mol. The van der Waals surface area contributed by atoms with Crippen LogP contribution >= 0.6 is 0 Å². The molecule has 0 spiro atoms. The molecule has 0 aromatic heterocycles. The van der Waals surface area contributed by atoms with Crippen LogP contribution in [0.4, 0.5) is 4.39 Å². The summed E-state index contributed by atoms with van der Waals surface area (Å²) in [6, 6.07) is 11.7. The zero-order valence-corrected chi connectivity index (χ0v) is 15.5. The first-order chi connectivity index (χ1) is 13.0. The fraction of sp³-hybridized carbons (Fsp3) is 0.381. The summed E-state index contributed by atoms with van der Waals surface area (Å²) in [5, 5.41) is 9.46. The standard InChI is InChI=1S/C21H24FNO4/c1-26-17-8-5-14(6-9-17)20(18-12-16(22)7-10-19(18)27-2)23-11-3-4-15(13-23)21(24)25/h5-10,12,15,20H,3-4,11,13H2,1-2H3,(H,24,25). The number of piperidine rings is 1. The Kier molecular flexibility index (Phi) is 5.96. The van der Waals surface area contributed by atoms with E-state index in [0.717, 1.165) is 24.3 Å². The summed E-state index contributed by atoms with van der Waals surface area (Å²) in [4.78, 5) is 13.6. The van der Waals surface area contributed by atoms with Gasteiger partial charge in [0.2, 0.25) is 0 Å². The number of aliphatic carboxylic acids is 1. The molecule has 5 nitrogen and oxygen atoms in total. The van der Waals surface area contributed by atoms with Gasteiger partial charge < -0.3 is 14.6 Å². The SMILES string of the molecule is COc1ccc(C(c2cc(F)ccc2OC)N2CCCC(C(=O)O)C2)cc1. The number of carbonyl (C=O) groups is 1. The minimum Gasteiger partial charge on any atom is -0.497 e. The van der Waals surface area contributed by atoms with E-state index in [1.54, 1.807) is 20.3 Å². The van der Waals surface area contributed by atoms with Gasteiger partial charge in [-0.05, 0) is 55.3 Å². The first-order valence-corrected chi connectivity index (χ1v) is 8.97. The lowest BCUT2D eigenvalue weighted by atomic mass is 9.91. The van der Waals surface area contributed by atoms with Crippen LogP contribution in [-0.2, 0) is 4.79 Å². The first-order valence-electron chi connectivity index (χ1n) is 8.97. The number of ether oxygens (including phenoxy) is 2. The van der Waals surface area contributed by atoms with Crippen LogP contribution in [0.2, 0.25) is 0 Å². The molecule has 1 fully saturated rings. The smallest absolute Gasteiger partial charge is 0.307 e. The number of halogens is 1. The second-order valence-electron chi connectivity index (χ2n) is 6.73. The van der Waals surface area contributed by atoms with Crippen molar-refractivity contribution >= 4 is 5.97 Å². The minimum absolute atomic E-state index is 0.302. The van der Waals surface area contributed by atoms with Crippen molar-refractivity contribution in [2.45, 2.75) is 18.9 Å². The van der Waals surface area contributed by atoms with Gasteiger partial charge in [-0.15, -0.1) is 0 Å². The molecular formula is C21H24FNO4. The van der Waals surface area contributed by atoms with E-state index in [1.165, 1.54) is 12.1 Å². The molecular weight excluding hydrogens is 349 g/mol. The van der Waals surface area contributed by atoms with E-state index in [4.69, 9.17) is 9.47 Å². The summed E-state index contributed by atoms with van der Waals surface area (Å²) in [7, 11) is 3.16. The van der Waals surface area contributed by atoms with E-state index >= 15 is 0 Å².